The number of aliphatic hydroxyl groups is 2. The third-order valence-corrected chi connectivity index (χ3v) is 6.00. The minimum Gasteiger partial charge on any atom is -0.481 e. The standard InChI is InChI=1S/C26H39N5O10/c1-12(2)19(29-25(39)21(14(4)33)30-22(36)16(27)11-18(34)35)23(37)31-20(13(3)32)24(38)28-17(26(40)41)10-15-8-6-5-7-9-15/h5-9,12-14,16-17,19-21,32-33H,10-11,27H2,1-4H3,(H,28,38)(H,29,39)(H,30,36)(H,31,37)(H,34,35)(H,40,41)/t13-,14-,16+,17+,19+,20+,21+/m1/s1. The van der Waals surface area contributed by atoms with Crippen LogP contribution in [-0.4, -0.2) is 98.4 Å². The summed E-state index contributed by atoms with van der Waals surface area (Å²) in [7, 11) is 0. The molecular formula is C26H39N5O10. The number of benzene rings is 1. The smallest absolute Gasteiger partial charge is 0.326 e. The number of carbonyl (C=O) groups excluding carboxylic acids is 4. The molecule has 7 atom stereocenters. The summed E-state index contributed by atoms with van der Waals surface area (Å²) in [5.74, 6) is -7.20. The quantitative estimate of drug-likeness (QED) is 0.0983. The van der Waals surface area contributed by atoms with Gasteiger partial charge in [-0.1, -0.05) is 44.2 Å². The van der Waals surface area contributed by atoms with E-state index in [1.807, 2.05) is 0 Å². The zero-order chi connectivity index (χ0) is 31.4. The minimum atomic E-state index is -1.61. The van der Waals surface area contributed by atoms with Gasteiger partial charge in [0.05, 0.1) is 24.7 Å². The zero-order valence-corrected chi connectivity index (χ0v) is 23.2. The number of nitrogens with two attached hydrogens (primary N) is 1. The van der Waals surface area contributed by atoms with E-state index < -0.39 is 90.3 Å². The van der Waals surface area contributed by atoms with Gasteiger partial charge in [0.25, 0.3) is 0 Å². The first-order valence-corrected chi connectivity index (χ1v) is 12.9. The highest BCUT2D eigenvalue weighted by Gasteiger charge is 2.36. The van der Waals surface area contributed by atoms with Crippen molar-refractivity contribution in [3.63, 3.8) is 0 Å². The van der Waals surface area contributed by atoms with Gasteiger partial charge < -0.3 is 47.4 Å². The van der Waals surface area contributed by atoms with Crippen molar-refractivity contribution in [3.05, 3.63) is 35.9 Å². The Labute approximate surface area is 236 Å². The van der Waals surface area contributed by atoms with Crippen LogP contribution >= 0.6 is 0 Å². The van der Waals surface area contributed by atoms with Crippen LogP contribution in [0.5, 0.6) is 0 Å². The molecule has 228 valence electrons. The normalized spacial score (nSPS) is 16.2. The Balaban J connectivity index is 3.02. The molecule has 0 radical (unpaired) electrons. The van der Waals surface area contributed by atoms with Crippen LogP contribution in [0.2, 0.25) is 0 Å². The van der Waals surface area contributed by atoms with E-state index in [1.54, 1.807) is 44.2 Å². The van der Waals surface area contributed by atoms with Crippen molar-refractivity contribution in [3.8, 4) is 0 Å². The molecule has 15 heteroatoms. The number of aliphatic carboxylic acids is 2. The molecule has 1 aromatic rings. The summed E-state index contributed by atoms with van der Waals surface area (Å²) in [4.78, 5) is 73.8. The van der Waals surface area contributed by atoms with Gasteiger partial charge in [-0.2, -0.15) is 0 Å². The molecule has 0 bridgehead atoms. The Morgan fingerprint density at radius 1 is 0.707 bits per heavy atom. The van der Waals surface area contributed by atoms with Gasteiger partial charge in [-0.05, 0) is 25.3 Å². The maximum atomic E-state index is 13.1. The molecule has 0 aromatic heterocycles. The molecule has 0 heterocycles. The Hall–Kier alpha value is -4.08. The van der Waals surface area contributed by atoms with Gasteiger partial charge in [0.1, 0.15) is 24.2 Å². The summed E-state index contributed by atoms with van der Waals surface area (Å²) in [6, 6.07) is 1.08. The molecule has 1 rings (SSSR count). The van der Waals surface area contributed by atoms with Gasteiger partial charge >= 0.3 is 11.9 Å². The van der Waals surface area contributed by atoms with Crippen LogP contribution in [0.1, 0.15) is 39.7 Å². The molecule has 41 heavy (non-hydrogen) atoms. The summed E-state index contributed by atoms with van der Waals surface area (Å²) in [5.41, 5.74) is 6.13. The average molecular weight is 582 g/mol. The Morgan fingerprint density at radius 3 is 1.59 bits per heavy atom. The second kappa shape index (κ2) is 16.2. The lowest BCUT2D eigenvalue weighted by molar-refractivity contribution is -0.143. The number of hydrogen-bond donors (Lipinski definition) is 9. The number of rotatable bonds is 16. The predicted octanol–water partition coefficient (Wildman–Crippen LogP) is -2.53. The molecule has 0 spiro atoms. The highest BCUT2D eigenvalue weighted by atomic mass is 16.4. The van der Waals surface area contributed by atoms with Crippen LogP contribution in [0.15, 0.2) is 30.3 Å². The Kier molecular flexibility index (Phi) is 13.8. The van der Waals surface area contributed by atoms with E-state index in [2.05, 4.69) is 21.3 Å². The molecule has 0 saturated heterocycles. The van der Waals surface area contributed by atoms with Crippen LogP contribution in [0.4, 0.5) is 0 Å². The third-order valence-electron chi connectivity index (χ3n) is 6.00. The summed E-state index contributed by atoms with van der Waals surface area (Å²) < 4.78 is 0. The van der Waals surface area contributed by atoms with E-state index in [0.29, 0.717) is 5.56 Å². The number of carboxylic acid groups (broad SMARTS) is 2. The van der Waals surface area contributed by atoms with E-state index in [-0.39, 0.29) is 6.42 Å². The summed E-state index contributed by atoms with van der Waals surface area (Å²) in [6.07, 6.45) is -3.72. The van der Waals surface area contributed by atoms with E-state index in [9.17, 15) is 44.1 Å². The lowest BCUT2D eigenvalue weighted by atomic mass is 10.0. The number of carboxylic acids is 2. The fourth-order valence-electron chi connectivity index (χ4n) is 3.68. The Morgan fingerprint density at radius 2 is 1.15 bits per heavy atom. The van der Waals surface area contributed by atoms with Gasteiger partial charge in [-0.15, -0.1) is 0 Å². The summed E-state index contributed by atoms with van der Waals surface area (Å²) in [6.45, 7) is 5.50. The summed E-state index contributed by atoms with van der Waals surface area (Å²) >= 11 is 0. The SMILES string of the molecule is CC(C)[C@H](NC(=O)[C@@H](NC(=O)[C@@H](N)CC(=O)O)[C@@H](C)O)C(=O)N[C@H](C(=O)N[C@@H](Cc1ccccc1)C(=O)O)[C@@H](C)O. The van der Waals surface area contributed by atoms with Crippen molar-refractivity contribution in [1.82, 2.24) is 21.3 Å². The molecule has 4 amide bonds. The molecule has 0 unspecified atom stereocenters. The monoisotopic (exact) mass is 581 g/mol. The molecule has 0 aliphatic carbocycles. The molecular weight excluding hydrogens is 542 g/mol. The van der Waals surface area contributed by atoms with Crippen molar-refractivity contribution in [1.29, 1.82) is 0 Å². The summed E-state index contributed by atoms with van der Waals surface area (Å²) in [5, 5.41) is 47.8. The lowest BCUT2D eigenvalue weighted by Crippen LogP contribution is -2.62. The molecule has 0 saturated carbocycles. The first-order chi connectivity index (χ1) is 19.0. The lowest BCUT2D eigenvalue weighted by Gasteiger charge is -2.29. The maximum Gasteiger partial charge on any atom is 0.326 e. The second-order valence-electron chi connectivity index (χ2n) is 9.98. The van der Waals surface area contributed by atoms with E-state index in [4.69, 9.17) is 10.8 Å². The maximum absolute atomic E-state index is 13.1. The van der Waals surface area contributed by atoms with Crippen LogP contribution in [-0.2, 0) is 35.2 Å². The highest BCUT2D eigenvalue weighted by Crippen LogP contribution is 2.08. The fraction of sp³-hybridized carbons (Fsp3) is 0.538. The first kappa shape index (κ1) is 34.9. The topological polar surface area (TPSA) is 257 Å². The number of hydrogen-bond acceptors (Lipinski definition) is 9. The van der Waals surface area contributed by atoms with Crippen molar-refractivity contribution >= 4 is 35.6 Å². The number of amides is 4. The largest absolute Gasteiger partial charge is 0.481 e. The number of carbonyl (C=O) groups is 6. The molecule has 0 fully saturated rings. The zero-order valence-electron chi connectivity index (χ0n) is 23.2. The Bertz CT molecular complexity index is 1080. The van der Waals surface area contributed by atoms with Crippen molar-refractivity contribution in [2.24, 2.45) is 11.7 Å². The van der Waals surface area contributed by atoms with E-state index >= 15 is 0 Å². The number of nitrogens with one attached hydrogen (secondary N) is 4. The van der Waals surface area contributed by atoms with Gasteiger partial charge in [0, 0.05) is 6.42 Å². The van der Waals surface area contributed by atoms with Gasteiger partial charge in [0.15, 0.2) is 0 Å². The van der Waals surface area contributed by atoms with Crippen molar-refractivity contribution < 1.29 is 49.2 Å². The predicted molar refractivity (Wildman–Crippen MR) is 144 cm³/mol. The molecule has 1 aromatic carbocycles. The molecule has 0 aliphatic rings. The van der Waals surface area contributed by atoms with Crippen LogP contribution < -0.4 is 27.0 Å². The van der Waals surface area contributed by atoms with Crippen LogP contribution in [0.25, 0.3) is 0 Å². The van der Waals surface area contributed by atoms with Crippen LogP contribution in [0, 0.1) is 5.92 Å². The van der Waals surface area contributed by atoms with E-state index in [1.165, 1.54) is 13.8 Å². The first-order valence-electron chi connectivity index (χ1n) is 12.9. The van der Waals surface area contributed by atoms with Gasteiger partial charge in [-0.3, -0.25) is 24.0 Å². The fourth-order valence-corrected chi connectivity index (χ4v) is 3.68. The average Bonchev–Trinajstić information content (AvgIpc) is 2.87. The van der Waals surface area contributed by atoms with Crippen molar-refractivity contribution in [2.45, 2.75) is 83.0 Å². The van der Waals surface area contributed by atoms with Crippen LogP contribution in [0.3, 0.4) is 0 Å². The molecule has 15 nitrogen and oxygen atoms in total. The second-order valence-corrected chi connectivity index (χ2v) is 9.98. The van der Waals surface area contributed by atoms with Crippen molar-refractivity contribution in [2.75, 3.05) is 0 Å². The molecule has 10 N–H and O–H groups in total. The van der Waals surface area contributed by atoms with E-state index in [0.717, 1.165) is 0 Å². The molecule has 0 aliphatic heterocycles. The third kappa shape index (κ3) is 11.5. The van der Waals surface area contributed by atoms with Gasteiger partial charge in [0.2, 0.25) is 23.6 Å². The van der Waals surface area contributed by atoms with Gasteiger partial charge in [-0.25, -0.2) is 4.79 Å². The minimum absolute atomic E-state index is 0.0599. The highest BCUT2D eigenvalue weighted by molar-refractivity contribution is 5.96. The number of aliphatic hydroxyl groups excluding tert-OH is 2.